The van der Waals surface area contributed by atoms with Gasteiger partial charge in [-0.25, -0.2) is 4.39 Å². The normalized spacial score (nSPS) is 23.6. The maximum Gasteiger partial charge on any atom is 0.228 e. The summed E-state index contributed by atoms with van der Waals surface area (Å²) in [6.07, 6.45) is 2.19. The molecule has 2 saturated heterocycles. The van der Waals surface area contributed by atoms with E-state index in [0.717, 1.165) is 24.9 Å². The standard InChI is InChI=1S/C18H24FN3O2.ClH/c1-12-5-6-16(15(19)8-12)22-10-13(9-17(22)23)18(24)21-7-3-4-14(11-21)20-2;/h5-6,8,13-14,20H,3-4,7,9-11H2,1-2H3;1H. The second kappa shape index (κ2) is 8.15. The lowest BCUT2D eigenvalue weighted by Crippen LogP contribution is -2.49. The predicted octanol–water partition coefficient (Wildman–Crippen LogP) is 2.12. The van der Waals surface area contributed by atoms with Crippen LogP contribution in [-0.4, -0.2) is 49.4 Å². The van der Waals surface area contributed by atoms with Gasteiger partial charge in [0.1, 0.15) is 5.82 Å². The molecule has 2 aliphatic heterocycles. The molecule has 5 nitrogen and oxygen atoms in total. The van der Waals surface area contributed by atoms with Crippen LogP contribution in [0.15, 0.2) is 18.2 Å². The number of carbonyl (C=O) groups is 2. The van der Waals surface area contributed by atoms with Crippen molar-refractivity contribution in [2.75, 3.05) is 31.6 Å². The molecular weight excluding hydrogens is 345 g/mol. The Morgan fingerprint density at radius 3 is 2.76 bits per heavy atom. The van der Waals surface area contributed by atoms with E-state index in [0.29, 0.717) is 12.6 Å². The molecule has 2 fully saturated rings. The number of hydrogen-bond donors (Lipinski definition) is 1. The zero-order chi connectivity index (χ0) is 17.3. The van der Waals surface area contributed by atoms with Gasteiger partial charge in [-0.1, -0.05) is 6.07 Å². The fourth-order valence-corrected chi connectivity index (χ4v) is 3.61. The first kappa shape index (κ1) is 19.7. The molecule has 1 aromatic carbocycles. The van der Waals surface area contributed by atoms with Gasteiger partial charge < -0.3 is 15.1 Å². The number of anilines is 1. The Hall–Kier alpha value is -1.66. The fraction of sp³-hybridized carbons (Fsp3) is 0.556. The molecule has 2 atom stereocenters. The molecule has 0 aromatic heterocycles. The van der Waals surface area contributed by atoms with Gasteiger partial charge in [-0.3, -0.25) is 9.59 Å². The number of nitrogens with zero attached hydrogens (tertiary/aromatic N) is 2. The van der Waals surface area contributed by atoms with E-state index >= 15 is 0 Å². The molecule has 0 aliphatic carbocycles. The van der Waals surface area contributed by atoms with Crippen LogP contribution in [0.25, 0.3) is 0 Å². The molecule has 25 heavy (non-hydrogen) atoms. The summed E-state index contributed by atoms with van der Waals surface area (Å²) < 4.78 is 14.2. The lowest BCUT2D eigenvalue weighted by molar-refractivity contribution is -0.137. The summed E-state index contributed by atoms with van der Waals surface area (Å²) in [4.78, 5) is 28.3. The van der Waals surface area contributed by atoms with Crippen molar-refractivity contribution in [2.45, 2.75) is 32.2 Å². The molecule has 2 unspecified atom stereocenters. The maximum absolute atomic E-state index is 14.2. The van der Waals surface area contributed by atoms with Gasteiger partial charge in [0.15, 0.2) is 0 Å². The van der Waals surface area contributed by atoms with Gasteiger partial charge in [0.05, 0.1) is 11.6 Å². The summed E-state index contributed by atoms with van der Waals surface area (Å²) in [5.41, 5.74) is 1.08. The highest BCUT2D eigenvalue weighted by Gasteiger charge is 2.38. The van der Waals surface area contributed by atoms with Crippen molar-refractivity contribution in [3.8, 4) is 0 Å². The van der Waals surface area contributed by atoms with Crippen molar-refractivity contribution in [3.63, 3.8) is 0 Å². The second-order valence-electron chi connectivity index (χ2n) is 6.77. The molecule has 0 spiro atoms. The van der Waals surface area contributed by atoms with E-state index in [-0.39, 0.29) is 48.8 Å². The van der Waals surface area contributed by atoms with Gasteiger partial charge >= 0.3 is 0 Å². The van der Waals surface area contributed by atoms with Crippen LogP contribution in [0, 0.1) is 18.7 Å². The van der Waals surface area contributed by atoms with Crippen molar-refractivity contribution < 1.29 is 14.0 Å². The van der Waals surface area contributed by atoms with Crippen LogP contribution in [-0.2, 0) is 9.59 Å². The van der Waals surface area contributed by atoms with E-state index < -0.39 is 5.82 Å². The third kappa shape index (κ3) is 4.12. The van der Waals surface area contributed by atoms with Crippen LogP contribution < -0.4 is 10.2 Å². The average molecular weight is 370 g/mol. The van der Waals surface area contributed by atoms with Crippen LogP contribution in [0.3, 0.4) is 0 Å². The molecule has 1 N–H and O–H groups in total. The quantitative estimate of drug-likeness (QED) is 0.888. The van der Waals surface area contributed by atoms with Crippen molar-refractivity contribution in [1.82, 2.24) is 10.2 Å². The highest BCUT2D eigenvalue weighted by atomic mass is 35.5. The van der Waals surface area contributed by atoms with Crippen LogP contribution in [0.4, 0.5) is 10.1 Å². The molecular formula is C18H25ClFN3O2. The maximum atomic E-state index is 14.2. The number of amides is 2. The molecule has 2 aliphatic rings. The monoisotopic (exact) mass is 369 g/mol. The van der Waals surface area contributed by atoms with Gasteiger partial charge in [0.25, 0.3) is 0 Å². The lowest BCUT2D eigenvalue weighted by atomic mass is 10.0. The number of rotatable bonds is 3. The van der Waals surface area contributed by atoms with Crippen LogP contribution in [0.2, 0.25) is 0 Å². The number of hydrogen-bond acceptors (Lipinski definition) is 3. The van der Waals surface area contributed by atoms with Gasteiger partial charge in [-0.05, 0) is 44.5 Å². The number of aryl methyl sites for hydroxylation is 1. The Kier molecular flexibility index (Phi) is 6.41. The van der Waals surface area contributed by atoms with E-state index in [1.165, 1.54) is 11.0 Å². The second-order valence-corrected chi connectivity index (χ2v) is 6.77. The topological polar surface area (TPSA) is 52.7 Å². The van der Waals surface area contributed by atoms with E-state index in [9.17, 15) is 14.0 Å². The smallest absolute Gasteiger partial charge is 0.228 e. The van der Waals surface area contributed by atoms with Crippen molar-refractivity contribution in [2.24, 2.45) is 5.92 Å². The summed E-state index contributed by atoms with van der Waals surface area (Å²) in [7, 11) is 1.90. The molecule has 0 bridgehead atoms. The molecule has 0 saturated carbocycles. The minimum Gasteiger partial charge on any atom is -0.341 e. The molecule has 2 amide bonds. The minimum atomic E-state index is -0.412. The largest absolute Gasteiger partial charge is 0.341 e. The Balaban J connectivity index is 0.00000225. The third-order valence-electron chi connectivity index (χ3n) is 5.01. The Morgan fingerprint density at radius 1 is 1.32 bits per heavy atom. The number of halogens is 2. The van der Waals surface area contributed by atoms with E-state index in [2.05, 4.69) is 5.32 Å². The summed E-state index contributed by atoms with van der Waals surface area (Å²) in [6.45, 7) is 3.48. The Bertz CT molecular complexity index is 655. The van der Waals surface area contributed by atoms with Crippen LogP contribution >= 0.6 is 12.4 Å². The third-order valence-corrected chi connectivity index (χ3v) is 5.01. The number of nitrogens with one attached hydrogen (secondary N) is 1. The SMILES string of the molecule is CNC1CCCN(C(=O)C2CC(=O)N(c3ccc(C)cc3F)C2)C1.Cl. The predicted molar refractivity (Wildman–Crippen MR) is 97.5 cm³/mol. The zero-order valence-corrected chi connectivity index (χ0v) is 15.4. The Morgan fingerprint density at radius 2 is 2.08 bits per heavy atom. The van der Waals surface area contributed by atoms with E-state index in [4.69, 9.17) is 0 Å². The molecule has 3 rings (SSSR count). The summed E-state index contributed by atoms with van der Waals surface area (Å²) in [5, 5.41) is 3.21. The number of carbonyl (C=O) groups excluding carboxylic acids is 2. The Labute approximate surface area is 154 Å². The van der Waals surface area contributed by atoms with E-state index in [1.807, 2.05) is 11.9 Å². The van der Waals surface area contributed by atoms with Crippen molar-refractivity contribution in [1.29, 1.82) is 0 Å². The van der Waals surface area contributed by atoms with Crippen molar-refractivity contribution in [3.05, 3.63) is 29.6 Å². The van der Waals surface area contributed by atoms with Gasteiger partial charge in [0, 0.05) is 32.1 Å². The van der Waals surface area contributed by atoms with Gasteiger partial charge in [-0.15, -0.1) is 12.4 Å². The molecule has 138 valence electrons. The van der Waals surface area contributed by atoms with Crippen LogP contribution in [0.5, 0.6) is 0 Å². The molecule has 0 radical (unpaired) electrons. The first-order valence-corrected chi connectivity index (χ1v) is 8.52. The fourth-order valence-electron chi connectivity index (χ4n) is 3.61. The zero-order valence-electron chi connectivity index (χ0n) is 14.6. The average Bonchev–Trinajstić information content (AvgIpc) is 2.96. The van der Waals surface area contributed by atoms with E-state index in [1.54, 1.807) is 19.1 Å². The number of piperidine rings is 1. The number of likely N-dealkylation sites (tertiary alicyclic amines) is 1. The molecule has 1 aromatic rings. The highest BCUT2D eigenvalue weighted by molar-refractivity contribution is 6.00. The van der Waals surface area contributed by atoms with Crippen molar-refractivity contribution >= 4 is 29.9 Å². The summed E-state index contributed by atoms with van der Waals surface area (Å²) in [5.74, 6) is -0.963. The first-order chi connectivity index (χ1) is 11.5. The van der Waals surface area contributed by atoms with Crippen LogP contribution in [0.1, 0.15) is 24.8 Å². The number of benzene rings is 1. The molecule has 2 heterocycles. The summed E-state index contributed by atoms with van der Waals surface area (Å²) >= 11 is 0. The van der Waals surface area contributed by atoms with Gasteiger partial charge in [0.2, 0.25) is 11.8 Å². The lowest BCUT2D eigenvalue weighted by Gasteiger charge is -2.34. The highest BCUT2D eigenvalue weighted by Crippen LogP contribution is 2.29. The molecule has 7 heteroatoms. The minimum absolute atomic E-state index is 0. The number of likely N-dealkylation sites (N-methyl/N-ethyl adjacent to an activating group) is 1. The summed E-state index contributed by atoms with van der Waals surface area (Å²) in [6, 6.07) is 5.13. The van der Waals surface area contributed by atoms with Gasteiger partial charge in [-0.2, -0.15) is 0 Å². The first-order valence-electron chi connectivity index (χ1n) is 8.52.